The van der Waals surface area contributed by atoms with Crippen molar-refractivity contribution < 1.29 is 24.1 Å². The number of methoxy groups -OCH3 is 2. The number of carboxylic acid groups (broad SMARTS) is 1. The van der Waals surface area contributed by atoms with Crippen LogP contribution in [0.5, 0.6) is 23.1 Å². The molecule has 0 saturated heterocycles. The van der Waals surface area contributed by atoms with Crippen LogP contribution < -0.4 is 14.2 Å². The Morgan fingerprint density at radius 2 is 1.67 bits per heavy atom. The van der Waals surface area contributed by atoms with Crippen molar-refractivity contribution in [3.05, 3.63) is 29.5 Å². The van der Waals surface area contributed by atoms with Gasteiger partial charge in [-0.1, -0.05) is 0 Å². The standard InChI is InChI=1S/C14H16N2O5/c1-8-12(14(17)18)13(16(2)15-8)21-11-6-9(19-3)5-10(7-11)20-4/h5-7H,1-4H3,(H,17,18). The van der Waals surface area contributed by atoms with Crippen LogP contribution in [0, 0.1) is 6.92 Å². The van der Waals surface area contributed by atoms with Gasteiger partial charge in [-0.15, -0.1) is 0 Å². The fraction of sp³-hybridized carbons (Fsp3) is 0.286. The highest BCUT2D eigenvalue weighted by Gasteiger charge is 2.22. The molecule has 1 N–H and O–H groups in total. The highest BCUT2D eigenvalue weighted by molar-refractivity contribution is 5.91. The van der Waals surface area contributed by atoms with Crippen LogP contribution in [0.1, 0.15) is 16.1 Å². The number of nitrogens with zero attached hydrogens (tertiary/aromatic N) is 2. The van der Waals surface area contributed by atoms with Gasteiger partial charge in [0.2, 0.25) is 5.88 Å². The van der Waals surface area contributed by atoms with Gasteiger partial charge in [0, 0.05) is 25.2 Å². The average molecular weight is 292 g/mol. The molecule has 2 rings (SSSR count). The number of carboxylic acids is 1. The van der Waals surface area contributed by atoms with Crippen molar-refractivity contribution in [1.82, 2.24) is 9.78 Å². The van der Waals surface area contributed by atoms with Crippen LogP contribution in [0.15, 0.2) is 18.2 Å². The Morgan fingerprint density at radius 3 is 2.14 bits per heavy atom. The van der Waals surface area contributed by atoms with E-state index in [4.69, 9.17) is 14.2 Å². The Labute approximate surface area is 121 Å². The molecule has 0 unspecified atom stereocenters. The second-order valence-electron chi connectivity index (χ2n) is 4.34. The van der Waals surface area contributed by atoms with Gasteiger partial charge in [-0.05, 0) is 6.92 Å². The van der Waals surface area contributed by atoms with Gasteiger partial charge in [0.05, 0.1) is 19.9 Å². The fourth-order valence-corrected chi connectivity index (χ4v) is 1.95. The zero-order chi connectivity index (χ0) is 15.6. The molecule has 112 valence electrons. The summed E-state index contributed by atoms with van der Waals surface area (Å²) in [5.74, 6) is 0.540. The summed E-state index contributed by atoms with van der Waals surface area (Å²) < 4.78 is 17.3. The number of aromatic carboxylic acids is 1. The van der Waals surface area contributed by atoms with Crippen LogP contribution >= 0.6 is 0 Å². The summed E-state index contributed by atoms with van der Waals surface area (Å²) in [6, 6.07) is 4.96. The lowest BCUT2D eigenvalue weighted by Crippen LogP contribution is -2.02. The van der Waals surface area contributed by atoms with E-state index in [9.17, 15) is 9.90 Å². The van der Waals surface area contributed by atoms with Gasteiger partial charge < -0.3 is 19.3 Å². The molecular weight excluding hydrogens is 276 g/mol. The molecule has 0 bridgehead atoms. The third-order valence-corrected chi connectivity index (χ3v) is 2.92. The monoisotopic (exact) mass is 292 g/mol. The van der Waals surface area contributed by atoms with E-state index in [-0.39, 0.29) is 11.4 Å². The number of aryl methyl sites for hydroxylation is 2. The Hall–Kier alpha value is -2.70. The third-order valence-electron chi connectivity index (χ3n) is 2.92. The Morgan fingerprint density at radius 1 is 1.14 bits per heavy atom. The van der Waals surface area contributed by atoms with Crippen molar-refractivity contribution in [2.45, 2.75) is 6.92 Å². The molecule has 0 aliphatic rings. The molecule has 21 heavy (non-hydrogen) atoms. The topological polar surface area (TPSA) is 82.8 Å². The minimum Gasteiger partial charge on any atom is -0.496 e. The van der Waals surface area contributed by atoms with E-state index in [1.807, 2.05) is 0 Å². The van der Waals surface area contributed by atoms with Crippen LogP contribution in [0.2, 0.25) is 0 Å². The molecule has 0 aliphatic carbocycles. The van der Waals surface area contributed by atoms with E-state index < -0.39 is 5.97 Å². The zero-order valence-corrected chi connectivity index (χ0v) is 12.2. The highest BCUT2D eigenvalue weighted by atomic mass is 16.5. The highest BCUT2D eigenvalue weighted by Crippen LogP contribution is 2.32. The molecule has 0 spiro atoms. The smallest absolute Gasteiger partial charge is 0.343 e. The van der Waals surface area contributed by atoms with Gasteiger partial charge in [-0.25, -0.2) is 9.48 Å². The maximum Gasteiger partial charge on any atom is 0.343 e. The van der Waals surface area contributed by atoms with Gasteiger partial charge in [-0.3, -0.25) is 0 Å². The zero-order valence-electron chi connectivity index (χ0n) is 12.2. The minimum absolute atomic E-state index is 0.0271. The lowest BCUT2D eigenvalue weighted by atomic mass is 10.2. The van der Waals surface area contributed by atoms with Crippen LogP contribution in [0.3, 0.4) is 0 Å². The normalized spacial score (nSPS) is 10.3. The summed E-state index contributed by atoms with van der Waals surface area (Å²) in [6.07, 6.45) is 0. The van der Waals surface area contributed by atoms with E-state index in [1.165, 1.54) is 18.9 Å². The minimum atomic E-state index is -1.09. The number of rotatable bonds is 5. The van der Waals surface area contributed by atoms with E-state index in [2.05, 4.69) is 5.10 Å². The van der Waals surface area contributed by atoms with Crippen molar-refractivity contribution in [3.63, 3.8) is 0 Å². The van der Waals surface area contributed by atoms with Gasteiger partial charge in [0.25, 0.3) is 0 Å². The molecule has 0 saturated carbocycles. The molecule has 0 amide bonds. The Kier molecular flexibility index (Phi) is 4.02. The predicted octanol–water partition coefficient (Wildman–Crippen LogP) is 2.24. The summed E-state index contributed by atoms with van der Waals surface area (Å²) in [7, 11) is 4.66. The van der Waals surface area contributed by atoms with Crippen molar-refractivity contribution in [2.75, 3.05) is 14.2 Å². The Balaban J connectivity index is 2.45. The first-order valence-corrected chi connectivity index (χ1v) is 6.14. The summed E-state index contributed by atoms with van der Waals surface area (Å²) >= 11 is 0. The van der Waals surface area contributed by atoms with E-state index in [1.54, 1.807) is 32.2 Å². The second-order valence-corrected chi connectivity index (χ2v) is 4.34. The van der Waals surface area contributed by atoms with Crippen molar-refractivity contribution >= 4 is 5.97 Å². The molecule has 2 aromatic rings. The molecule has 0 atom stereocenters. The SMILES string of the molecule is COc1cc(OC)cc(Oc2c(C(=O)O)c(C)nn2C)c1. The first-order valence-electron chi connectivity index (χ1n) is 6.14. The molecule has 7 heteroatoms. The molecule has 0 radical (unpaired) electrons. The van der Waals surface area contributed by atoms with Gasteiger partial charge in [-0.2, -0.15) is 5.10 Å². The summed E-state index contributed by atoms with van der Waals surface area (Å²) in [6.45, 7) is 1.61. The van der Waals surface area contributed by atoms with Gasteiger partial charge in [0.15, 0.2) is 0 Å². The number of hydrogen-bond acceptors (Lipinski definition) is 5. The molecular formula is C14H16N2O5. The van der Waals surface area contributed by atoms with Gasteiger partial charge >= 0.3 is 5.97 Å². The van der Waals surface area contributed by atoms with E-state index in [0.29, 0.717) is 22.9 Å². The lowest BCUT2D eigenvalue weighted by Gasteiger charge is -2.10. The van der Waals surface area contributed by atoms with Crippen LogP contribution in [0.4, 0.5) is 0 Å². The number of hydrogen-bond donors (Lipinski definition) is 1. The maximum atomic E-state index is 11.3. The largest absolute Gasteiger partial charge is 0.496 e. The molecule has 1 aromatic heterocycles. The van der Waals surface area contributed by atoms with Crippen LogP contribution in [0.25, 0.3) is 0 Å². The number of benzene rings is 1. The quantitative estimate of drug-likeness (QED) is 0.910. The second kappa shape index (κ2) is 5.74. The average Bonchev–Trinajstić information content (AvgIpc) is 2.72. The molecule has 0 aliphatic heterocycles. The van der Waals surface area contributed by atoms with Crippen LogP contribution in [-0.2, 0) is 7.05 Å². The number of ether oxygens (including phenoxy) is 3. The van der Waals surface area contributed by atoms with Crippen molar-refractivity contribution in [2.24, 2.45) is 7.05 Å². The van der Waals surface area contributed by atoms with Crippen molar-refractivity contribution in [3.8, 4) is 23.1 Å². The third kappa shape index (κ3) is 2.91. The fourth-order valence-electron chi connectivity index (χ4n) is 1.95. The summed E-state index contributed by atoms with van der Waals surface area (Å²) in [4.78, 5) is 11.3. The maximum absolute atomic E-state index is 11.3. The molecule has 1 heterocycles. The number of aromatic nitrogens is 2. The first kappa shape index (κ1) is 14.7. The van der Waals surface area contributed by atoms with Crippen molar-refractivity contribution in [1.29, 1.82) is 0 Å². The van der Waals surface area contributed by atoms with Crippen LogP contribution in [-0.4, -0.2) is 35.1 Å². The molecule has 7 nitrogen and oxygen atoms in total. The lowest BCUT2D eigenvalue weighted by molar-refractivity contribution is 0.0693. The molecule has 1 aromatic carbocycles. The summed E-state index contributed by atoms with van der Waals surface area (Å²) in [5.41, 5.74) is 0.411. The Bertz CT molecular complexity index is 656. The number of carbonyl (C=O) groups is 1. The molecule has 0 fully saturated rings. The first-order chi connectivity index (χ1) is 9.96. The van der Waals surface area contributed by atoms with Gasteiger partial charge in [0.1, 0.15) is 22.8 Å². The van der Waals surface area contributed by atoms with E-state index >= 15 is 0 Å². The van der Waals surface area contributed by atoms with E-state index in [0.717, 1.165) is 0 Å². The predicted molar refractivity (Wildman–Crippen MR) is 74.5 cm³/mol. The summed E-state index contributed by atoms with van der Waals surface area (Å²) in [5, 5.41) is 13.3.